The van der Waals surface area contributed by atoms with Crippen molar-refractivity contribution in [3.05, 3.63) is 64.6 Å². The summed E-state index contributed by atoms with van der Waals surface area (Å²) in [5.41, 5.74) is -0.372. The zero-order valence-electron chi connectivity index (χ0n) is 24.7. The fourth-order valence-corrected chi connectivity index (χ4v) is 5.07. The highest BCUT2D eigenvalue weighted by molar-refractivity contribution is 7.80. The van der Waals surface area contributed by atoms with Gasteiger partial charge in [-0.1, -0.05) is 12.1 Å². The third kappa shape index (κ3) is 8.15. The molecule has 3 aromatic rings. The van der Waals surface area contributed by atoms with E-state index in [1.165, 1.54) is 14.2 Å². The van der Waals surface area contributed by atoms with Crippen LogP contribution in [-0.2, 0) is 24.0 Å². The van der Waals surface area contributed by atoms with Crippen molar-refractivity contribution in [2.45, 2.75) is 38.3 Å². The number of carbonyl (C=O) groups is 1. The predicted octanol–water partition coefficient (Wildman–Crippen LogP) is 4.31. The number of halogens is 5. The van der Waals surface area contributed by atoms with Crippen molar-refractivity contribution in [2.75, 3.05) is 49.2 Å². The number of rotatable bonds is 10. The van der Waals surface area contributed by atoms with Gasteiger partial charge in [-0.05, 0) is 43.7 Å². The highest BCUT2D eigenvalue weighted by Gasteiger charge is 2.35. The van der Waals surface area contributed by atoms with Crippen LogP contribution in [-0.4, -0.2) is 76.0 Å². The zero-order valence-corrected chi connectivity index (χ0v) is 25.5. The number of likely N-dealkylation sites (tertiary alicyclic amines) is 1. The molecule has 0 bridgehead atoms. The predicted molar refractivity (Wildman–Crippen MR) is 157 cm³/mol. The molecule has 11 nitrogen and oxygen atoms in total. The molecule has 2 aromatic carbocycles. The largest absolute Gasteiger partial charge is 0.755 e. The molecule has 1 amide bonds. The molecule has 0 saturated carbocycles. The summed E-state index contributed by atoms with van der Waals surface area (Å²) in [5, 5.41) is 7.71. The molecule has 1 aromatic heterocycles. The Labute approximate surface area is 258 Å². The first-order valence-electron chi connectivity index (χ1n) is 13.6. The maximum absolute atomic E-state index is 15.1. The second-order valence-electron chi connectivity index (χ2n) is 10.5. The topological polar surface area (TPSA) is 135 Å². The Morgan fingerprint density at radius 1 is 1.27 bits per heavy atom. The number of carbonyl (C=O) groups excluding carboxylic acids is 1. The van der Waals surface area contributed by atoms with Gasteiger partial charge in [0.25, 0.3) is 5.91 Å². The highest BCUT2D eigenvalue weighted by Crippen LogP contribution is 2.36. The number of methoxy groups -OCH3 is 1. The fraction of sp³-hybridized carbons (Fsp3) is 0.393. The summed E-state index contributed by atoms with van der Waals surface area (Å²) < 4.78 is 100. The van der Waals surface area contributed by atoms with Crippen molar-refractivity contribution in [1.82, 2.24) is 20.2 Å². The summed E-state index contributed by atoms with van der Waals surface area (Å²) in [7, 11) is 4.28. The number of nitrogens with zero attached hydrogens (tertiary/aromatic N) is 4. The number of hydrogen-bond acceptors (Lipinski definition) is 9. The van der Waals surface area contributed by atoms with Crippen molar-refractivity contribution in [2.24, 2.45) is 0 Å². The first-order valence-corrected chi connectivity index (χ1v) is 14.6. The normalized spacial score (nSPS) is 17.8. The first-order chi connectivity index (χ1) is 21.2. The number of hydrogen-bond donors (Lipinski definition) is 3. The summed E-state index contributed by atoms with van der Waals surface area (Å²) in [6.07, 6.45) is -5.32. The molecule has 17 heteroatoms. The summed E-state index contributed by atoms with van der Waals surface area (Å²) >= 11 is -2.63. The Kier molecular flexibility index (Phi) is 10.4. The van der Waals surface area contributed by atoms with Gasteiger partial charge < -0.3 is 34.4 Å². The van der Waals surface area contributed by atoms with Crippen LogP contribution in [0.15, 0.2) is 36.5 Å². The Hall–Kier alpha value is -4.09. The van der Waals surface area contributed by atoms with E-state index < -0.39 is 58.3 Å². The minimum atomic E-state index is -4.85. The van der Waals surface area contributed by atoms with Gasteiger partial charge in [0.2, 0.25) is 5.95 Å². The molecule has 1 unspecified atom stereocenters. The average Bonchev–Trinajstić information content (AvgIpc) is 2.97. The van der Waals surface area contributed by atoms with Gasteiger partial charge in [-0.15, -0.1) is 0 Å². The smallest absolute Gasteiger partial charge is 0.421 e. The van der Waals surface area contributed by atoms with E-state index in [0.717, 1.165) is 22.0 Å². The van der Waals surface area contributed by atoms with Crippen molar-refractivity contribution in [1.29, 1.82) is 0 Å². The number of benzene rings is 2. The lowest BCUT2D eigenvalue weighted by molar-refractivity contribution is -0.137. The number of alkyl halides is 4. The first kappa shape index (κ1) is 33.8. The van der Waals surface area contributed by atoms with Gasteiger partial charge in [-0.3, -0.25) is 9.00 Å². The van der Waals surface area contributed by atoms with Gasteiger partial charge >= 0.3 is 6.18 Å². The van der Waals surface area contributed by atoms with E-state index >= 15 is 4.39 Å². The summed E-state index contributed by atoms with van der Waals surface area (Å²) in [5.74, 6) is -2.91. The van der Waals surface area contributed by atoms with Crippen LogP contribution in [0.2, 0.25) is 0 Å². The van der Waals surface area contributed by atoms with Crippen LogP contribution >= 0.6 is 0 Å². The van der Waals surface area contributed by atoms with Crippen LogP contribution in [0.5, 0.6) is 5.75 Å². The third-order valence-electron chi connectivity index (χ3n) is 7.19. The van der Waals surface area contributed by atoms with Gasteiger partial charge in [0.05, 0.1) is 30.1 Å². The Morgan fingerprint density at radius 2 is 2.00 bits per heavy atom. The Morgan fingerprint density at radius 3 is 2.64 bits per heavy atom. The number of nitrogens with one attached hydrogen (secondary N) is 3. The molecule has 0 spiro atoms. The highest BCUT2D eigenvalue weighted by atomic mass is 32.2. The van der Waals surface area contributed by atoms with Crippen molar-refractivity contribution >= 4 is 40.3 Å². The van der Waals surface area contributed by atoms with E-state index in [2.05, 4.69) is 25.9 Å². The second kappa shape index (κ2) is 13.9. The molecular formula is C28H31F5N7O4S-. The van der Waals surface area contributed by atoms with E-state index in [4.69, 9.17) is 4.74 Å². The van der Waals surface area contributed by atoms with Gasteiger partial charge in [0.1, 0.15) is 29.1 Å². The molecule has 3 N–H and O–H groups in total. The van der Waals surface area contributed by atoms with Gasteiger partial charge in [-0.25, -0.2) is 13.8 Å². The number of aryl methyl sites for hydroxylation is 1. The molecule has 0 radical (unpaired) electrons. The second-order valence-corrected chi connectivity index (χ2v) is 11.4. The molecule has 244 valence electrons. The molecule has 45 heavy (non-hydrogen) atoms. The monoisotopic (exact) mass is 656 g/mol. The molecule has 1 aliphatic heterocycles. The van der Waals surface area contributed by atoms with Crippen molar-refractivity contribution in [3.63, 3.8) is 0 Å². The van der Waals surface area contributed by atoms with E-state index in [-0.39, 0.29) is 36.2 Å². The van der Waals surface area contributed by atoms with Gasteiger partial charge in [0, 0.05) is 50.2 Å². The lowest BCUT2D eigenvalue weighted by Gasteiger charge is -2.32. The maximum atomic E-state index is 15.1. The molecular weight excluding hydrogens is 625 g/mol. The number of anilines is 4. The number of piperidine rings is 1. The van der Waals surface area contributed by atoms with Crippen LogP contribution in [0.4, 0.5) is 45.1 Å². The quantitative estimate of drug-likeness (QED) is 0.216. The number of ether oxygens (including phenoxy) is 1. The molecule has 1 aliphatic rings. The molecule has 3 atom stereocenters. The van der Waals surface area contributed by atoms with E-state index in [9.17, 15) is 31.1 Å². The molecule has 0 aliphatic carbocycles. The lowest BCUT2D eigenvalue weighted by Crippen LogP contribution is -2.51. The van der Waals surface area contributed by atoms with Crippen LogP contribution < -0.4 is 25.0 Å². The van der Waals surface area contributed by atoms with Gasteiger partial charge in [-0.2, -0.15) is 18.2 Å². The fourth-order valence-electron chi connectivity index (χ4n) is 4.74. The van der Waals surface area contributed by atoms with E-state index in [0.29, 0.717) is 24.7 Å². The summed E-state index contributed by atoms with van der Waals surface area (Å²) in [6.45, 7) is 2.16. The maximum Gasteiger partial charge on any atom is 0.421 e. The van der Waals surface area contributed by atoms with Gasteiger partial charge in [0.15, 0.2) is 0 Å². The minimum Gasteiger partial charge on any atom is -0.755 e. The zero-order chi connectivity index (χ0) is 33.1. The van der Waals surface area contributed by atoms with Crippen LogP contribution in [0, 0.1) is 12.7 Å². The van der Waals surface area contributed by atoms with Crippen molar-refractivity contribution < 1.29 is 40.2 Å². The minimum absolute atomic E-state index is 0.0577. The number of aromatic nitrogens is 2. The van der Waals surface area contributed by atoms with Crippen LogP contribution in [0.25, 0.3) is 0 Å². The molecule has 2 heterocycles. The molecule has 1 saturated heterocycles. The summed E-state index contributed by atoms with van der Waals surface area (Å²) in [4.78, 5) is 22.2. The summed E-state index contributed by atoms with van der Waals surface area (Å²) in [6, 6.07) is 5.98. The standard InChI is InChI=1S/C28H32F5N7O4S/c1-15-5-6-16(23(9-15)40(3)45(42)43)12-34-25-18(28(31,32)33)13-35-27(38-25)37-22-11-19(29)17(10-24(22)44-4)26(41)36-21-7-8-39(2)14-20(21)30/h5-6,9-11,13,20-21H,7-8,12,14H2,1-4H3,(H,36,41)(H,42,43)(H2,34,35,37,38)/p-1/t20-,21+/m1/s1. The van der Waals surface area contributed by atoms with E-state index in [1.807, 2.05) is 0 Å². The number of amides is 1. The van der Waals surface area contributed by atoms with E-state index in [1.54, 1.807) is 37.1 Å². The lowest BCUT2D eigenvalue weighted by atomic mass is 10.0. The van der Waals surface area contributed by atoms with Crippen LogP contribution in [0.1, 0.15) is 33.5 Å². The third-order valence-corrected chi connectivity index (χ3v) is 7.83. The Bertz CT molecular complexity index is 1580. The molecule has 4 rings (SSSR count). The van der Waals surface area contributed by atoms with Crippen molar-refractivity contribution in [3.8, 4) is 5.75 Å². The SMILES string of the molecule is COc1cc(C(=O)N[C@H]2CCN(C)C[C@H]2F)c(F)cc1Nc1ncc(C(F)(F)F)c(NCc2ccc(C)cc2N(C)S(=O)[O-])n1. The average molecular weight is 657 g/mol. The van der Waals surface area contributed by atoms with Crippen LogP contribution in [0.3, 0.4) is 0 Å². The molecule has 1 fully saturated rings. The Balaban J connectivity index is 1.59.